The highest BCUT2D eigenvalue weighted by atomic mass is 35.5. The van der Waals surface area contributed by atoms with Crippen molar-refractivity contribution in [3.8, 4) is 0 Å². The van der Waals surface area contributed by atoms with Crippen molar-refractivity contribution in [2.75, 3.05) is 24.1 Å². The summed E-state index contributed by atoms with van der Waals surface area (Å²) in [4.78, 5) is 31.3. The molecule has 0 saturated heterocycles. The van der Waals surface area contributed by atoms with E-state index in [1.807, 2.05) is 26.0 Å². The lowest BCUT2D eigenvalue weighted by molar-refractivity contribution is 0.0946. The molecule has 10 heteroatoms. The monoisotopic (exact) mass is 502 g/mol. The van der Waals surface area contributed by atoms with E-state index in [4.69, 9.17) is 28.9 Å². The van der Waals surface area contributed by atoms with E-state index in [1.165, 1.54) is 6.20 Å². The minimum absolute atomic E-state index is 0.0785. The molecule has 180 valence electrons. The largest absolute Gasteiger partial charge is 0.398 e. The van der Waals surface area contributed by atoms with Gasteiger partial charge in [0.05, 0.1) is 23.0 Å². The van der Waals surface area contributed by atoms with E-state index in [9.17, 15) is 9.59 Å². The van der Waals surface area contributed by atoms with Crippen molar-refractivity contribution in [2.24, 2.45) is 0 Å². The van der Waals surface area contributed by atoms with E-state index >= 15 is 0 Å². The van der Waals surface area contributed by atoms with Crippen LogP contribution < -0.4 is 21.7 Å². The van der Waals surface area contributed by atoms with Crippen molar-refractivity contribution in [3.05, 3.63) is 76.2 Å². The van der Waals surface area contributed by atoms with E-state index in [0.717, 1.165) is 12.8 Å². The molecule has 0 aliphatic carbocycles. The number of nitrogens with zero attached hydrogens (tertiary/aromatic N) is 2. The molecule has 0 atom stereocenters. The van der Waals surface area contributed by atoms with E-state index in [-0.39, 0.29) is 17.1 Å². The van der Waals surface area contributed by atoms with Crippen molar-refractivity contribution < 1.29 is 9.59 Å². The predicted molar refractivity (Wildman–Crippen MR) is 138 cm³/mol. The van der Waals surface area contributed by atoms with Gasteiger partial charge in [-0.15, -0.1) is 0 Å². The Morgan fingerprint density at radius 3 is 2.06 bits per heavy atom. The summed E-state index contributed by atoms with van der Waals surface area (Å²) in [6.45, 7) is 5.31. The van der Waals surface area contributed by atoms with Crippen LogP contribution in [-0.4, -0.2) is 34.9 Å². The molecule has 0 bridgehead atoms. The Morgan fingerprint density at radius 1 is 0.882 bits per heavy atom. The van der Waals surface area contributed by atoms with Crippen LogP contribution in [0.25, 0.3) is 0 Å². The number of anilines is 3. The van der Waals surface area contributed by atoms with Gasteiger partial charge in [0.15, 0.2) is 5.82 Å². The second-order valence-electron chi connectivity index (χ2n) is 7.11. The number of hydrogen-bond acceptors (Lipinski definition) is 6. The summed E-state index contributed by atoms with van der Waals surface area (Å²) in [5, 5.41) is 9.01. The molecule has 0 radical (unpaired) electrons. The molecule has 1 aromatic heterocycles. The molecule has 0 saturated carbocycles. The Kier molecular flexibility index (Phi) is 11.1. The number of carbonyl (C=O) groups is 2. The number of benzene rings is 2. The van der Waals surface area contributed by atoms with E-state index < -0.39 is 0 Å². The molecule has 0 fully saturated rings. The summed E-state index contributed by atoms with van der Waals surface area (Å²) >= 11 is 11.8. The minimum Gasteiger partial charge on any atom is -0.398 e. The zero-order valence-electron chi connectivity index (χ0n) is 19.1. The Bertz CT molecular complexity index is 1110. The summed E-state index contributed by atoms with van der Waals surface area (Å²) in [5.74, 6) is 0.101. The second-order valence-corrected chi connectivity index (χ2v) is 7.85. The van der Waals surface area contributed by atoms with Gasteiger partial charge < -0.3 is 21.7 Å². The van der Waals surface area contributed by atoms with Crippen LogP contribution in [0.4, 0.5) is 17.2 Å². The molecule has 0 aliphatic heterocycles. The van der Waals surface area contributed by atoms with E-state index in [0.29, 0.717) is 46.4 Å². The smallest absolute Gasteiger partial charge is 0.253 e. The maximum atomic E-state index is 12.1. The molecular formula is C24H28Cl2N6O2. The third-order valence-electron chi connectivity index (χ3n) is 4.42. The summed E-state index contributed by atoms with van der Waals surface area (Å²) in [7, 11) is 0. The Balaban J connectivity index is 0.000000270. The summed E-state index contributed by atoms with van der Waals surface area (Å²) in [6.07, 6.45) is 3.20. The third-order valence-corrected chi connectivity index (χ3v) is 4.87. The molecular weight excluding hydrogens is 475 g/mol. The van der Waals surface area contributed by atoms with Gasteiger partial charge in [-0.05, 0) is 48.7 Å². The van der Waals surface area contributed by atoms with Gasteiger partial charge in [0, 0.05) is 18.8 Å². The van der Waals surface area contributed by atoms with Crippen molar-refractivity contribution >= 4 is 52.2 Å². The average Bonchev–Trinajstić information content (AvgIpc) is 2.84. The fraction of sp³-hybridized carbons (Fsp3) is 0.250. The maximum absolute atomic E-state index is 12.1. The molecule has 34 heavy (non-hydrogen) atoms. The van der Waals surface area contributed by atoms with Gasteiger partial charge in [-0.2, -0.15) is 4.98 Å². The number of halogens is 2. The number of amides is 2. The molecule has 8 nitrogen and oxygen atoms in total. The van der Waals surface area contributed by atoms with Crippen LogP contribution in [0.15, 0.2) is 54.7 Å². The van der Waals surface area contributed by atoms with Gasteiger partial charge in [-0.25, -0.2) is 4.98 Å². The highest BCUT2D eigenvalue weighted by molar-refractivity contribution is 6.33. The zero-order chi connectivity index (χ0) is 24.9. The topological polar surface area (TPSA) is 122 Å². The Hall–Kier alpha value is -3.36. The van der Waals surface area contributed by atoms with Crippen LogP contribution in [0.1, 0.15) is 47.4 Å². The van der Waals surface area contributed by atoms with Gasteiger partial charge in [0.2, 0.25) is 5.28 Å². The average molecular weight is 503 g/mol. The van der Waals surface area contributed by atoms with Crippen LogP contribution in [0, 0.1) is 0 Å². The van der Waals surface area contributed by atoms with Crippen LogP contribution in [0.5, 0.6) is 0 Å². The van der Waals surface area contributed by atoms with Crippen LogP contribution in [0.3, 0.4) is 0 Å². The fourth-order valence-electron chi connectivity index (χ4n) is 2.72. The van der Waals surface area contributed by atoms with Gasteiger partial charge in [-0.3, -0.25) is 9.59 Å². The SMILES string of the molecule is CCCNC(=O)c1ccccc1N.CCCNC(=O)c1ccccc1Nc1nc(Cl)ncc1Cl. The standard InChI is InChI=1S/C14H14Cl2N4O.C10H14N2O/c1-2-7-17-13(21)9-5-3-4-6-11(9)19-12-10(15)8-18-14(16)20-12;1-2-7-12-10(13)8-5-3-4-6-9(8)11/h3-6,8H,2,7H2,1H3,(H,17,21)(H,18,19,20);3-6H,2,7,11H2,1H3,(H,12,13). The Morgan fingerprint density at radius 2 is 1.44 bits per heavy atom. The first-order chi connectivity index (χ1) is 16.4. The maximum Gasteiger partial charge on any atom is 0.253 e. The Labute approximate surface area is 209 Å². The predicted octanol–water partition coefficient (Wildman–Crippen LogP) is 5.08. The third kappa shape index (κ3) is 8.20. The molecule has 1 heterocycles. The molecule has 0 unspecified atom stereocenters. The number of carbonyl (C=O) groups excluding carboxylic acids is 2. The normalized spacial score (nSPS) is 10.0. The number of nitrogens with two attached hydrogens (primary N) is 1. The second kappa shape index (κ2) is 14.0. The number of hydrogen-bond donors (Lipinski definition) is 4. The first kappa shape index (κ1) is 26.9. The lowest BCUT2D eigenvalue weighted by Gasteiger charge is -2.12. The van der Waals surface area contributed by atoms with Gasteiger partial charge in [-0.1, -0.05) is 49.7 Å². The first-order valence-electron chi connectivity index (χ1n) is 10.8. The lowest BCUT2D eigenvalue weighted by Crippen LogP contribution is -2.24. The van der Waals surface area contributed by atoms with Crippen LogP contribution in [0.2, 0.25) is 10.3 Å². The molecule has 2 aromatic carbocycles. The van der Waals surface area contributed by atoms with Crippen LogP contribution >= 0.6 is 23.2 Å². The summed E-state index contributed by atoms with van der Waals surface area (Å²) in [5.41, 5.74) is 7.82. The van der Waals surface area contributed by atoms with Crippen molar-refractivity contribution in [1.82, 2.24) is 20.6 Å². The van der Waals surface area contributed by atoms with Crippen molar-refractivity contribution in [2.45, 2.75) is 26.7 Å². The number of aromatic nitrogens is 2. The highest BCUT2D eigenvalue weighted by Gasteiger charge is 2.12. The van der Waals surface area contributed by atoms with Gasteiger partial charge in [0.1, 0.15) is 5.02 Å². The molecule has 3 rings (SSSR count). The highest BCUT2D eigenvalue weighted by Crippen LogP contribution is 2.25. The minimum atomic E-state index is -0.156. The molecule has 0 aliphatic rings. The van der Waals surface area contributed by atoms with E-state index in [1.54, 1.807) is 36.4 Å². The number of para-hydroxylation sites is 2. The van der Waals surface area contributed by atoms with E-state index in [2.05, 4.69) is 25.9 Å². The molecule has 2 amide bonds. The fourth-order valence-corrected chi connectivity index (χ4v) is 2.99. The molecule has 3 aromatic rings. The summed E-state index contributed by atoms with van der Waals surface area (Å²) < 4.78 is 0. The van der Waals surface area contributed by atoms with Crippen molar-refractivity contribution in [1.29, 1.82) is 0 Å². The number of nitrogen functional groups attached to an aromatic ring is 1. The lowest BCUT2D eigenvalue weighted by atomic mass is 10.1. The number of rotatable bonds is 8. The summed E-state index contributed by atoms with van der Waals surface area (Å²) in [6, 6.07) is 14.2. The van der Waals surface area contributed by atoms with Gasteiger partial charge >= 0.3 is 0 Å². The van der Waals surface area contributed by atoms with Gasteiger partial charge in [0.25, 0.3) is 11.8 Å². The van der Waals surface area contributed by atoms with Crippen LogP contribution in [-0.2, 0) is 0 Å². The van der Waals surface area contributed by atoms with Crippen molar-refractivity contribution in [3.63, 3.8) is 0 Å². The molecule has 0 spiro atoms. The molecule has 5 N–H and O–H groups in total. The zero-order valence-corrected chi connectivity index (χ0v) is 20.6. The number of nitrogens with one attached hydrogen (secondary N) is 3. The first-order valence-corrected chi connectivity index (χ1v) is 11.6. The quantitative estimate of drug-likeness (QED) is 0.251.